The van der Waals surface area contributed by atoms with Gasteiger partial charge in [0.15, 0.2) is 4.96 Å². The molecule has 5 heteroatoms. The number of amides is 1. The second-order valence-electron chi connectivity index (χ2n) is 6.61. The molecule has 2 atom stereocenters. The van der Waals surface area contributed by atoms with Crippen molar-refractivity contribution in [1.29, 1.82) is 0 Å². The van der Waals surface area contributed by atoms with Gasteiger partial charge in [-0.3, -0.25) is 9.20 Å². The SMILES string of the molecule is CC(C)=CC1C(C(=O)NCc2cn3ccsc3n2)C1(C)C. The van der Waals surface area contributed by atoms with E-state index in [-0.39, 0.29) is 17.2 Å². The Bertz CT molecular complexity index is 678. The van der Waals surface area contributed by atoms with Crippen LogP contribution in [0.25, 0.3) is 4.96 Å². The first kappa shape index (κ1) is 14.3. The predicted octanol–water partition coefficient (Wildman–Crippen LogP) is 3.25. The van der Waals surface area contributed by atoms with Crippen molar-refractivity contribution in [3.05, 3.63) is 35.1 Å². The van der Waals surface area contributed by atoms with E-state index in [0.29, 0.717) is 12.5 Å². The third-order valence-corrected chi connectivity index (χ3v) is 5.06. The fourth-order valence-corrected chi connectivity index (χ4v) is 3.72. The standard InChI is InChI=1S/C16H21N3OS/c1-10(2)7-12-13(16(12,3)4)14(20)17-8-11-9-19-5-6-21-15(19)18-11/h5-7,9,12-13H,8H2,1-4H3,(H,17,20). The molecule has 0 spiro atoms. The van der Waals surface area contributed by atoms with E-state index in [1.807, 2.05) is 22.2 Å². The molecule has 1 aliphatic carbocycles. The molecule has 1 aliphatic rings. The van der Waals surface area contributed by atoms with E-state index in [9.17, 15) is 4.79 Å². The maximum atomic E-state index is 12.4. The molecule has 3 rings (SSSR count). The molecule has 0 aliphatic heterocycles. The minimum absolute atomic E-state index is 0.0654. The highest BCUT2D eigenvalue weighted by atomic mass is 32.1. The van der Waals surface area contributed by atoms with Crippen molar-refractivity contribution >= 4 is 22.2 Å². The summed E-state index contributed by atoms with van der Waals surface area (Å²) < 4.78 is 1.99. The summed E-state index contributed by atoms with van der Waals surface area (Å²) in [6, 6.07) is 0. The van der Waals surface area contributed by atoms with Gasteiger partial charge in [0, 0.05) is 17.8 Å². The highest BCUT2D eigenvalue weighted by molar-refractivity contribution is 7.15. The topological polar surface area (TPSA) is 46.4 Å². The van der Waals surface area contributed by atoms with Crippen LogP contribution in [-0.2, 0) is 11.3 Å². The van der Waals surface area contributed by atoms with Crippen LogP contribution in [0.15, 0.2) is 29.4 Å². The second kappa shape index (κ2) is 4.98. The van der Waals surface area contributed by atoms with Crippen molar-refractivity contribution < 1.29 is 4.79 Å². The Labute approximate surface area is 128 Å². The second-order valence-corrected chi connectivity index (χ2v) is 7.48. The molecule has 0 saturated heterocycles. The van der Waals surface area contributed by atoms with Crippen LogP contribution in [0, 0.1) is 17.3 Å². The van der Waals surface area contributed by atoms with Crippen LogP contribution in [0.1, 0.15) is 33.4 Å². The molecule has 2 unspecified atom stereocenters. The van der Waals surface area contributed by atoms with Crippen molar-refractivity contribution in [3.8, 4) is 0 Å². The van der Waals surface area contributed by atoms with E-state index >= 15 is 0 Å². The number of allylic oxidation sites excluding steroid dienone is 2. The van der Waals surface area contributed by atoms with Crippen LogP contribution in [0.2, 0.25) is 0 Å². The van der Waals surface area contributed by atoms with Gasteiger partial charge in [0.1, 0.15) is 0 Å². The molecule has 2 heterocycles. The van der Waals surface area contributed by atoms with Crippen LogP contribution >= 0.6 is 11.3 Å². The molecule has 112 valence electrons. The van der Waals surface area contributed by atoms with Crippen LogP contribution < -0.4 is 5.32 Å². The van der Waals surface area contributed by atoms with E-state index < -0.39 is 0 Å². The van der Waals surface area contributed by atoms with Crippen molar-refractivity contribution in [2.24, 2.45) is 17.3 Å². The predicted molar refractivity (Wildman–Crippen MR) is 85.1 cm³/mol. The molecule has 1 N–H and O–H groups in total. The van der Waals surface area contributed by atoms with Gasteiger partial charge < -0.3 is 5.32 Å². The summed E-state index contributed by atoms with van der Waals surface area (Å²) in [5.74, 6) is 0.572. The smallest absolute Gasteiger partial charge is 0.224 e. The van der Waals surface area contributed by atoms with Gasteiger partial charge in [-0.2, -0.15) is 0 Å². The number of nitrogens with one attached hydrogen (secondary N) is 1. The number of rotatable bonds is 4. The van der Waals surface area contributed by atoms with Gasteiger partial charge in [0.2, 0.25) is 5.91 Å². The number of thiazole rings is 1. The van der Waals surface area contributed by atoms with E-state index in [2.05, 4.69) is 44.1 Å². The van der Waals surface area contributed by atoms with E-state index in [1.165, 1.54) is 5.57 Å². The Balaban J connectivity index is 1.62. The lowest BCUT2D eigenvalue weighted by atomic mass is 10.1. The van der Waals surface area contributed by atoms with E-state index in [4.69, 9.17) is 0 Å². The van der Waals surface area contributed by atoms with Crippen LogP contribution in [-0.4, -0.2) is 15.3 Å². The van der Waals surface area contributed by atoms with Crippen molar-refractivity contribution in [1.82, 2.24) is 14.7 Å². The van der Waals surface area contributed by atoms with Crippen molar-refractivity contribution in [2.75, 3.05) is 0 Å². The Kier molecular flexibility index (Phi) is 3.40. The molecule has 2 aromatic heterocycles. The van der Waals surface area contributed by atoms with Crippen molar-refractivity contribution in [2.45, 2.75) is 34.2 Å². The molecule has 4 nitrogen and oxygen atoms in total. The summed E-state index contributed by atoms with van der Waals surface area (Å²) in [4.78, 5) is 17.8. The van der Waals surface area contributed by atoms with Crippen LogP contribution in [0.3, 0.4) is 0 Å². The number of aromatic nitrogens is 2. The molecular formula is C16H21N3OS. The van der Waals surface area contributed by atoms with Gasteiger partial charge in [-0.05, 0) is 25.2 Å². The largest absolute Gasteiger partial charge is 0.350 e. The quantitative estimate of drug-likeness (QED) is 0.881. The highest BCUT2D eigenvalue weighted by Gasteiger charge is 2.60. The summed E-state index contributed by atoms with van der Waals surface area (Å²) in [6.07, 6.45) is 6.17. The Morgan fingerprint density at radius 2 is 2.29 bits per heavy atom. The zero-order valence-corrected chi connectivity index (χ0v) is 13.7. The summed E-state index contributed by atoms with van der Waals surface area (Å²) in [5, 5.41) is 5.03. The fourth-order valence-electron chi connectivity index (χ4n) is 3.00. The first-order valence-electron chi connectivity index (χ1n) is 7.23. The molecule has 1 fully saturated rings. The van der Waals surface area contributed by atoms with Gasteiger partial charge in [-0.1, -0.05) is 25.5 Å². The lowest BCUT2D eigenvalue weighted by molar-refractivity contribution is -0.123. The van der Waals surface area contributed by atoms with Gasteiger partial charge in [-0.25, -0.2) is 4.98 Å². The third kappa shape index (κ3) is 2.62. The first-order chi connectivity index (χ1) is 9.89. The van der Waals surface area contributed by atoms with Gasteiger partial charge in [0.05, 0.1) is 18.2 Å². The lowest BCUT2D eigenvalue weighted by Crippen LogP contribution is -2.26. The molecule has 21 heavy (non-hydrogen) atoms. The lowest BCUT2D eigenvalue weighted by Gasteiger charge is -2.04. The summed E-state index contributed by atoms with van der Waals surface area (Å²) in [5.41, 5.74) is 2.25. The number of hydrogen-bond acceptors (Lipinski definition) is 3. The van der Waals surface area contributed by atoms with Gasteiger partial charge in [-0.15, -0.1) is 11.3 Å². The molecule has 0 bridgehead atoms. The molecule has 2 aromatic rings. The zero-order chi connectivity index (χ0) is 15.2. The van der Waals surface area contributed by atoms with E-state index in [1.54, 1.807) is 11.3 Å². The number of carbonyl (C=O) groups is 1. The summed E-state index contributed by atoms with van der Waals surface area (Å²) >= 11 is 1.60. The average molecular weight is 303 g/mol. The maximum Gasteiger partial charge on any atom is 0.224 e. The molecular weight excluding hydrogens is 282 g/mol. The number of hydrogen-bond donors (Lipinski definition) is 1. The monoisotopic (exact) mass is 303 g/mol. The van der Waals surface area contributed by atoms with Gasteiger partial charge in [0.25, 0.3) is 0 Å². The molecule has 1 saturated carbocycles. The maximum absolute atomic E-state index is 12.4. The first-order valence-corrected chi connectivity index (χ1v) is 8.11. The summed E-state index contributed by atoms with van der Waals surface area (Å²) in [7, 11) is 0. The van der Waals surface area contributed by atoms with E-state index in [0.717, 1.165) is 10.7 Å². The summed E-state index contributed by atoms with van der Waals surface area (Å²) in [6.45, 7) is 8.99. The highest BCUT2D eigenvalue weighted by Crippen LogP contribution is 2.59. The number of nitrogens with zero attached hydrogens (tertiary/aromatic N) is 2. The normalized spacial score (nSPS) is 23.0. The molecule has 0 aromatic carbocycles. The molecule has 1 amide bonds. The number of imidazole rings is 1. The minimum atomic E-state index is 0.0654. The fraction of sp³-hybridized carbons (Fsp3) is 0.500. The Hall–Kier alpha value is -1.62. The van der Waals surface area contributed by atoms with Crippen LogP contribution in [0.5, 0.6) is 0 Å². The molecule has 0 radical (unpaired) electrons. The zero-order valence-electron chi connectivity index (χ0n) is 12.9. The number of carbonyl (C=O) groups excluding carboxylic acids is 1. The third-order valence-electron chi connectivity index (χ3n) is 4.29. The Morgan fingerprint density at radius 3 is 2.95 bits per heavy atom. The van der Waals surface area contributed by atoms with Crippen molar-refractivity contribution in [3.63, 3.8) is 0 Å². The minimum Gasteiger partial charge on any atom is -0.350 e. The average Bonchev–Trinajstić information content (AvgIpc) is 2.73. The number of fused-ring (bicyclic) bond motifs is 1. The van der Waals surface area contributed by atoms with Gasteiger partial charge >= 0.3 is 0 Å². The Morgan fingerprint density at radius 1 is 1.52 bits per heavy atom. The van der Waals surface area contributed by atoms with Crippen LogP contribution in [0.4, 0.5) is 0 Å².